The van der Waals surface area contributed by atoms with Crippen molar-refractivity contribution in [2.45, 2.75) is 44.4 Å². The first-order chi connectivity index (χ1) is 18.8. The normalized spacial score (nSPS) is 21.2. The summed E-state index contributed by atoms with van der Waals surface area (Å²) in [7, 11) is 1.57. The van der Waals surface area contributed by atoms with Crippen molar-refractivity contribution in [3.63, 3.8) is 0 Å². The number of carboxylic acids is 1. The number of terminal acetylenes is 1. The number of aliphatic carboxylic acids is 1. The zero-order valence-electron chi connectivity index (χ0n) is 21.8. The minimum Gasteiger partial charge on any atom is -0.497 e. The molecule has 2 heterocycles. The third-order valence-corrected chi connectivity index (χ3v) is 7.12. The van der Waals surface area contributed by atoms with Crippen molar-refractivity contribution in [3.8, 4) is 18.1 Å². The van der Waals surface area contributed by atoms with Crippen LogP contribution in [0.3, 0.4) is 0 Å². The summed E-state index contributed by atoms with van der Waals surface area (Å²) in [5.41, 5.74) is 1.79. The number of ketones is 1. The Morgan fingerprint density at radius 1 is 1.10 bits per heavy atom. The number of ether oxygens (including phenoxy) is 1. The van der Waals surface area contributed by atoms with E-state index in [1.54, 1.807) is 19.2 Å². The smallest absolute Gasteiger partial charge is 0.334 e. The molecule has 2 aromatic rings. The van der Waals surface area contributed by atoms with Crippen molar-refractivity contribution in [2.75, 3.05) is 20.2 Å². The summed E-state index contributed by atoms with van der Waals surface area (Å²) >= 11 is 0. The van der Waals surface area contributed by atoms with Crippen LogP contribution in [-0.4, -0.2) is 76.1 Å². The van der Waals surface area contributed by atoms with E-state index in [9.17, 15) is 24.3 Å². The van der Waals surface area contributed by atoms with E-state index in [-0.39, 0.29) is 50.6 Å². The van der Waals surface area contributed by atoms with Gasteiger partial charge < -0.3 is 20.1 Å². The lowest BCUT2D eigenvalue weighted by molar-refractivity contribution is -0.184. The molecule has 204 valence electrons. The summed E-state index contributed by atoms with van der Waals surface area (Å²) in [6.45, 7) is 0.0859. The fraction of sp³-hybridized carbons (Fsp3) is 0.379. The van der Waals surface area contributed by atoms with Gasteiger partial charge in [-0.05, 0) is 42.5 Å². The highest BCUT2D eigenvalue weighted by molar-refractivity contribution is 5.94. The number of hydrogen-bond donors (Lipinski definition) is 2. The molecule has 10 nitrogen and oxygen atoms in total. The second kappa shape index (κ2) is 12.5. The number of benzene rings is 2. The Balaban J connectivity index is 1.65. The fourth-order valence-electron chi connectivity index (χ4n) is 5.29. The standard InChI is InChI=1S/C29H32N4O6/c1-3-15-31-19-26(34)32-24(13-14-27(35)36)28(37)22(16-20-9-11-23(39-2)12-10-20)17-25(32)33(31)29(38)30-18-21-7-5-4-6-8-21/h1,4-12,22,24-25H,13-19H2,2H3,(H,30,38)(H,35,36)/t22?,24-,25-/m0/s1. The molecular formula is C29H32N4O6. The molecule has 1 unspecified atom stereocenters. The largest absolute Gasteiger partial charge is 0.497 e. The number of carbonyl (C=O) groups is 4. The molecule has 4 rings (SSSR count). The van der Waals surface area contributed by atoms with Gasteiger partial charge in [0, 0.05) is 18.9 Å². The van der Waals surface area contributed by atoms with Gasteiger partial charge in [0.15, 0.2) is 5.78 Å². The van der Waals surface area contributed by atoms with Gasteiger partial charge in [-0.2, -0.15) is 5.01 Å². The first-order valence-corrected chi connectivity index (χ1v) is 12.8. The number of Topliss-reactive ketones (excluding diaryl/α,β-unsaturated/α-hetero) is 1. The number of fused-ring (bicyclic) bond motifs is 1. The van der Waals surface area contributed by atoms with Crippen molar-refractivity contribution in [1.29, 1.82) is 0 Å². The van der Waals surface area contributed by atoms with Crippen molar-refractivity contribution in [3.05, 3.63) is 65.7 Å². The highest BCUT2D eigenvalue weighted by Gasteiger charge is 2.51. The number of carboxylic acid groups (broad SMARTS) is 1. The monoisotopic (exact) mass is 532 g/mol. The summed E-state index contributed by atoms with van der Waals surface area (Å²) in [5.74, 6) is 1.02. The Bertz CT molecular complexity index is 1240. The van der Waals surface area contributed by atoms with E-state index in [2.05, 4.69) is 11.2 Å². The highest BCUT2D eigenvalue weighted by Crippen LogP contribution is 2.35. The zero-order chi connectivity index (χ0) is 27.9. The minimum absolute atomic E-state index is 0.0196. The maximum absolute atomic E-state index is 13.7. The summed E-state index contributed by atoms with van der Waals surface area (Å²) in [4.78, 5) is 53.4. The second-order valence-electron chi connectivity index (χ2n) is 9.63. The topological polar surface area (TPSA) is 119 Å². The Hall–Kier alpha value is -4.36. The number of rotatable bonds is 9. The number of urea groups is 1. The second-order valence-corrected chi connectivity index (χ2v) is 9.63. The van der Waals surface area contributed by atoms with Gasteiger partial charge in [-0.25, -0.2) is 9.80 Å². The Kier molecular flexibility index (Phi) is 8.84. The van der Waals surface area contributed by atoms with Gasteiger partial charge in [0.1, 0.15) is 11.9 Å². The highest BCUT2D eigenvalue weighted by atomic mass is 16.5. The summed E-state index contributed by atoms with van der Waals surface area (Å²) in [6.07, 6.45) is 5.03. The Morgan fingerprint density at radius 2 is 1.82 bits per heavy atom. The maximum Gasteiger partial charge on any atom is 0.334 e. The summed E-state index contributed by atoms with van der Waals surface area (Å²) < 4.78 is 5.22. The van der Waals surface area contributed by atoms with Gasteiger partial charge in [-0.15, -0.1) is 6.42 Å². The van der Waals surface area contributed by atoms with Gasteiger partial charge >= 0.3 is 12.0 Å². The molecule has 2 saturated heterocycles. The van der Waals surface area contributed by atoms with E-state index in [1.807, 2.05) is 42.5 Å². The lowest BCUT2D eigenvalue weighted by atomic mass is 9.81. The predicted octanol–water partition coefficient (Wildman–Crippen LogP) is 2.29. The average Bonchev–Trinajstić information content (AvgIpc) is 2.93. The molecule has 2 aromatic carbocycles. The molecule has 2 fully saturated rings. The van der Waals surface area contributed by atoms with Crippen LogP contribution in [-0.2, 0) is 27.3 Å². The van der Waals surface area contributed by atoms with Crippen molar-refractivity contribution >= 4 is 23.7 Å². The molecule has 2 aliphatic heterocycles. The van der Waals surface area contributed by atoms with Crippen molar-refractivity contribution < 1.29 is 29.0 Å². The van der Waals surface area contributed by atoms with Crippen LogP contribution >= 0.6 is 0 Å². The van der Waals surface area contributed by atoms with E-state index in [0.29, 0.717) is 12.2 Å². The lowest BCUT2D eigenvalue weighted by Gasteiger charge is -2.54. The molecule has 3 atom stereocenters. The number of hydrogen-bond acceptors (Lipinski definition) is 6. The molecule has 39 heavy (non-hydrogen) atoms. The Morgan fingerprint density at radius 3 is 2.46 bits per heavy atom. The van der Waals surface area contributed by atoms with E-state index in [0.717, 1.165) is 11.1 Å². The van der Waals surface area contributed by atoms with E-state index in [1.165, 1.54) is 14.9 Å². The molecule has 0 radical (unpaired) electrons. The maximum atomic E-state index is 13.7. The predicted molar refractivity (Wildman–Crippen MR) is 142 cm³/mol. The number of amides is 3. The van der Waals surface area contributed by atoms with Crippen LogP contribution in [0.1, 0.15) is 30.4 Å². The van der Waals surface area contributed by atoms with E-state index in [4.69, 9.17) is 11.2 Å². The zero-order valence-corrected chi connectivity index (χ0v) is 21.8. The first kappa shape index (κ1) is 27.7. The minimum atomic E-state index is -1.06. The van der Waals surface area contributed by atoms with Crippen molar-refractivity contribution in [1.82, 2.24) is 20.2 Å². The summed E-state index contributed by atoms with van der Waals surface area (Å²) in [5, 5.41) is 15.2. The van der Waals surface area contributed by atoms with Gasteiger partial charge in [0.25, 0.3) is 0 Å². The van der Waals surface area contributed by atoms with Crippen LogP contribution in [0.4, 0.5) is 4.79 Å². The first-order valence-electron chi connectivity index (χ1n) is 12.8. The SMILES string of the molecule is C#CCN1CC(=O)N2[C@@H](CCC(=O)O)C(=O)C(Cc3ccc(OC)cc3)C[C@@H]2N1C(=O)NCc1ccccc1. The number of carbonyl (C=O) groups excluding carboxylic acids is 3. The molecule has 2 N–H and O–H groups in total. The van der Waals surface area contributed by atoms with Crippen LogP contribution in [0.5, 0.6) is 5.75 Å². The van der Waals surface area contributed by atoms with Crippen LogP contribution in [0.2, 0.25) is 0 Å². The molecular weight excluding hydrogens is 500 g/mol. The summed E-state index contributed by atoms with van der Waals surface area (Å²) in [6, 6.07) is 15.3. The number of nitrogens with one attached hydrogen (secondary N) is 1. The van der Waals surface area contributed by atoms with Gasteiger partial charge in [-0.3, -0.25) is 14.4 Å². The van der Waals surface area contributed by atoms with Crippen LogP contribution < -0.4 is 10.1 Å². The van der Waals surface area contributed by atoms with Crippen molar-refractivity contribution in [2.24, 2.45) is 5.92 Å². The quantitative estimate of drug-likeness (QED) is 0.476. The number of hydrazine groups is 1. The fourth-order valence-corrected chi connectivity index (χ4v) is 5.29. The molecule has 10 heteroatoms. The molecule has 2 aliphatic rings. The molecule has 3 amide bonds. The number of piperidine rings is 1. The number of methoxy groups -OCH3 is 1. The van der Waals surface area contributed by atoms with Gasteiger partial charge in [-0.1, -0.05) is 48.4 Å². The molecule has 0 aliphatic carbocycles. The average molecular weight is 533 g/mol. The van der Waals surface area contributed by atoms with Crippen LogP contribution in [0.25, 0.3) is 0 Å². The van der Waals surface area contributed by atoms with Crippen LogP contribution in [0.15, 0.2) is 54.6 Å². The van der Waals surface area contributed by atoms with E-state index >= 15 is 0 Å². The molecule has 0 aromatic heterocycles. The van der Waals surface area contributed by atoms with Gasteiger partial charge in [0.05, 0.1) is 26.2 Å². The van der Waals surface area contributed by atoms with Crippen LogP contribution in [0, 0.1) is 18.3 Å². The molecule has 0 saturated carbocycles. The molecule has 0 spiro atoms. The van der Waals surface area contributed by atoms with E-state index < -0.39 is 30.1 Å². The third kappa shape index (κ3) is 6.38. The lowest BCUT2D eigenvalue weighted by Crippen LogP contribution is -2.73. The molecule has 0 bridgehead atoms. The third-order valence-electron chi connectivity index (χ3n) is 7.12. The Labute approximate surface area is 227 Å². The van der Waals surface area contributed by atoms with Gasteiger partial charge in [0.2, 0.25) is 5.91 Å². The number of nitrogens with zero attached hydrogens (tertiary/aromatic N) is 3.